The molecule has 0 aliphatic heterocycles. The van der Waals surface area contributed by atoms with E-state index in [-0.39, 0.29) is 27.7 Å². The number of carbonyl (C=O) groups excluding carboxylic acids is 3. The number of carboxylic acid groups (broad SMARTS) is 1. The lowest BCUT2D eigenvalue weighted by molar-refractivity contribution is -0.140. The van der Waals surface area contributed by atoms with Gasteiger partial charge in [-0.2, -0.15) is 0 Å². The summed E-state index contributed by atoms with van der Waals surface area (Å²) in [5, 5.41) is 13.9. The topological polar surface area (TPSA) is 135 Å². The number of ketones is 1. The Morgan fingerprint density at radius 3 is 2.21 bits per heavy atom. The minimum Gasteiger partial charge on any atom is -0.481 e. The maximum absolute atomic E-state index is 13.4. The van der Waals surface area contributed by atoms with Gasteiger partial charge in [0.2, 0.25) is 5.91 Å². The van der Waals surface area contributed by atoms with Crippen molar-refractivity contribution in [2.75, 3.05) is 12.0 Å². The smallest absolute Gasteiger partial charge is 0.305 e. The van der Waals surface area contributed by atoms with Crippen LogP contribution in [0.2, 0.25) is 10.0 Å². The van der Waals surface area contributed by atoms with Crippen LogP contribution in [-0.2, 0) is 20.8 Å². The zero-order valence-corrected chi connectivity index (χ0v) is 21.2. The Kier molecular flexibility index (Phi) is 9.75. The summed E-state index contributed by atoms with van der Waals surface area (Å²) in [7, 11) is 0. The minimum atomic E-state index is -1.63. The molecule has 0 spiro atoms. The molecule has 0 unspecified atom stereocenters. The number of Topliss-reactive ketones (excluding diaryl/α,β-unsaturated/α-hetero) is 1. The van der Waals surface area contributed by atoms with Crippen LogP contribution < -0.4 is 16.2 Å². The maximum Gasteiger partial charge on any atom is 0.305 e. The number of anilines is 1. The van der Waals surface area contributed by atoms with Gasteiger partial charge < -0.3 is 20.3 Å². The molecule has 9 nitrogen and oxygen atoms in total. The molecule has 0 bridgehead atoms. The number of hydrogen-bond acceptors (Lipinski definition) is 5. The normalized spacial score (nSPS) is 12.3. The summed E-state index contributed by atoms with van der Waals surface area (Å²) in [6.07, 6.45) is 0.427. The first kappa shape index (κ1) is 28.5. The highest BCUT2D eigenvalue weighted by atomic mass is 35.5. The van der Waals surface area contributed by atoms with Crippen LogP contribution in [-0.4, -0.2) is 46.0 Å². The first-order chi connectivity index (χ1) is 18.1. The number of nitrogens with one attached hydrogen (secondary N) is 2. The van der Waals surface area contributed by atoms with Crippen molar-refractivity contribution in [1.29, 1.82) is 0 Å². The van der Waals surface area contributed by atoms with Gasteiger partial charge in [0.25, 0.3) is 11.5 Å². The van der Waals surface area contributed by atoms with Gasteiger partial charge in [0.15, 0.2) is 5.78 Å². The summed E-state index contributed by atoms with van der Waals surface area (Å²) < 4.78 is 14.1. The van der Waals surface area contributed by atoms with Crippen molar-refractivity contribution in [2.45, 2.75) is 24.9 Å². The summed E-state index contributed by atoms with van der Waals surface area (Å²) in [5.74, 6) is -4.18. The van der Waals surface area contributed by atoms with E-state index in [1.165, 1.54) is 30.5 Å². The van der Waals surface area contributed by atoms with Gasteiger partial charge in [0.1, 0.15) is 24.4 Å². The van der Waals surface area contributed by atoms with Crippen molar-refractivity contribution < 1.29 is 28.7 Å². The van der Waals surface area contributed by atoms with E-state index in [0.29, 0.717) is 5.56 Å². The molecule has 1 heterocycles. The van der Waals surface area contributed by atoms with Crippen LogP contribution in [0.3, 0.4) is 0 Å². The van der Waals surface area contributed by atoms with Gasteiger partial charge >= 0.3 is 5.97 Å². The van der Waals surface area contributed by atoms with E-state index >= 15 is 0 Å². The Hall–Kier alpha value is -4.02. The lowest BCUT2D eigenvalue weighted by atomic mass is 10.0. The number of pyridine rings is 1. The summed E-state index contributed by atoms with van der Waals surface area (Å²) in [6, 6.07) is 12.9. The average Bonchev–Trinajstić information content (AvgIpc) is 2.88. The fraction of sp³-hybridized carbons (Fsp3) is 0.192. The van der Waals surface area contributed by atoms with Crippen molar-refractivity contribution in [3.8, 4) is 0 Å². The molecule has 38 heavy (non-hydrogen) atoms. The molecule has 12 heteroatoms. The summed E-state index contributed by atoms with van der Waals surface area (Å²) in [6.45, 7) is -1.48. The summed E-state index contributed by atoms with van der Waals surface area (Å²) in [5.41, 5.74) is -0.373. The van der Waals surface area contributed by atoms with E-state index in [2.05, 4.69) is 10.6 Å². The number of halogens is 3. The quantitative estimate of drug-likeness (QED) is 0.327. The number of amides is 2. The molecule has 3 aromatic rings. The first-order valence-corrected chi connectivity index (χ1v) is 12.0. The van der Waals surface area contributed by atoms with Crippen molar-refractivity contribution in [2.24, 2.45) is 0 Å². The zero-order valence-electron chi connectivity index (χ0n) is 19.7. The van der Waals surface area contributed by atoms with Gasteiger partial charge in [-0.3, -0.25) is 24.0 Å². The van der Waals surface area contributed by atoms with Crippen molar-refractivity contribution in [3.05, 3.63) is 98.4 Å². The molecule has 1 aromatic heterocycles. The van der Waals surface area contributed by atoms with Gasteiger partial charge in [-0.15, -0.1) is 0 Å². The van der Waals surface area contributed by atoms with Crippen molar-refractivity contribution in [3.63, 3.8) is 0 Å². The van der Waals surface area contributed by atoms with E-state index in [9.17, 15) is 28.4 Å². The molecule has 0 saturated carbocycles. The molecule has 3 rings (SSSR count). The number of benzene rings is 2. The first-order valence-electron chi connectivity index (χ1n) is 11.2. The SMILES string of the molecule is O=C(O)C[C@@H](NC(=O)[C@H](Cc1ccccc1)n1cccc(NC(=O)c2c(Cl)cccc2Cl)c1=O)C(=O)CF. The third kappa shape index (κ3) is 7.05. The van der Waals surface area contributed by atoms with Gasteiger partial charge in [-0.1, -0.05) is 59.6 Å². The number of aliphatic carboxylic acids is 1. The second-order valence-electron chi connectivity index (χ2n) is 8.15. The van der Waals surface area contributed by atoms with Crippen molar-refractivity contribution >= 4 is 52.5 Å². The van der Waals surface area contributed by atoms with E-state index in [1.54, 1.807) is 36.4 Å². The fourth-order valence-corrected chi connectivity index (χ4v) is 4.26. The van der Waals surface area contributed by atoms with E-state index in [1.807, 2.05) is 0 Å². The number of hydrogen-bond donors (Lipinski definition) is 3. The Morgan fingerprint density at radius 2 is 1.61 bits per heavy atom. The molecular weight excluding hydrogens is 540 g/mol. The standard InChI is InChI=1S/C26H22Cl2FN3O6/c27-16-8-4-9-17(28)23(16)25(37)30-18-10-5-11-32(26(18)38)20(12-15-6-2-1-3-7-15)24(36)31-19(13-22(34)35)21(33)14-29/h1-11,19-20H,12-14H2,(H,30,37)(H,31,36)(H,34,35)/t19-,20+/m1/s1. The number of carbonyl (C=O) groups is 4. The Morgan fingerprint density at radius 1 is 0.947 bits per heavy atom. The molecule has 0 fully saturated rings. The molecule has 3 N–H and O–H groups in total. The number of nitrogens with zero attached hydrogens (tertiary/aromatic N) is 1. The fourth-order valence-electron chi connectivity index (χ4n) is 3.69. The maximum atomic E-state index is 13.4. The van der Waals surface area contributed by atoms with E-state index in [4.69, 9.17) is 28.3 Å². The Labute approximate surface area is 226 Å². The molecule has 2 atom stereocenters. The predicted octanol–water partition coefficient (Wildman–Crippen LogP) is 3.69. The number of carboxylic acids is 1. The molecule has 0 aliphatic carbocycles. The van der Waals surface area contributed by atoms with Crippen LogP contribution in [0, 0.1) is 0 Å². The monoisotopic (exact) mass is 561 g/mol. The van der Waals surface area contributed by atoms with E-state index < -0.39 is 54.3 Å². The van der Waals surface area contributed by atoms with Crippen LogP contribution >= 0.6 is 23.2 Å². The molecule has 2 aromatic carbocycles. The molecular formula is C26H22Cl2FN3O6. The second kappa shape index (κ2) is 13.0. The summed E-state index contributed by atoms with van der Waals surface area (Å²) >= 11 is 12.2. The van der Waals surface area contributed by atoms with Gasteiger partial charge in [-0.25, -0.2) is 4.39 Å². The number of alkyl halides is 1. The largest absolute Gasteiger partial charge is 0.481 e. The highest BCUT2D eigenvalue weighted by Crippen LogP contribution is 2.25. The highest BCUT2D eigenvalue weighted by molar-refractivity contribution is 6.40. The van der Waals surface area contributed by atoms with Gasteiger partial charge in [0, 0.05) is 12.6 Å². The zero-order chi connectivity index (χ0) is 27.8. The third-order valence-corrected chi connectivity index (χ3v) is 6.17. The van der Waals surface area contributed by atoms with Crippen LogP contribution in [0.4, 0.5) is 10.1 Å². The summed E-state index contributed by atoms with van der Waals surface area (Å²) in [4.78, 5) is 62.6. The van der Waals surface area contributed by atoms with E-state index in [0.717, 1.165) is 4.57 Å². The Bertz CT molecular complexity index is 1390. The minimum absolute atomic E-state index is 0.0378. The lowest BCUT2D eigenvalue weighted by Crippen LogP contribution is -2.47. The highest BCUT2D eigenvalue weighted by Gasteiger charge is 2.29. The van der Waals surface area contributed by atoms with Gasteiger partial charge in [0.05, 0.1) is 22.0 Å². The molecule has 198 valence electrons. The van der Waals surface area contributed by atoms with Crippen LogP contribution in [0.5, 0.6) is 0 Å². The Balaban J connectivity index is 1.99. The predicted molar refractivity (Wildman–Crippen MR) is 139 cm³/mol. The number of aromatic nitrogens is 1. The van der Waals surface area contributed by atoms with Crippen LogP contribution in [0.15, 0.2) is 71.7 Å². The lowest BCUT2D eigenvalue weighted by Gasteiger charge is -2.23. The third-order valence-electron chi connectivity index (χ3n) is 5.54. The van der Waals surface area contributed by atoms with Gasteiger partial charge in [-0.05, 0) is 29.8 Å². The molecule has 2 amide bonds. The number of rotatable bonds is 11. The molecule has 0 radical (unpaired) electrons. The molecule has 0 aliphatic rings. The average molecular weight is 562 g/mol. The molecule has 0 saturated heterocycles. The second-order valence-corrected chi connectivity index (χ2v) is 8.96. The van der Waals surface area contributed by atoms with Crippen molar-refractivity contribution in [1.82, 2.24) is 9.88 Å². The van der Waals surface area contributed by atoms with Crippen LogP contribution in [0.1, 0.15) is 28.4 Å². The van der Waals surface area contributed by atoms with Crippen LogP contribution in [0.25, 0.3) is 0 Å².